The molecule has 3 aliphatic rings. The summed E-state index contributed by atoms with van der Waals surface area (Å²) < 4.78 is 80.9. The Morgan fingerprint density at radius 1 is 0.900 bits per heavy atom. The Bertz CT molecular complexity index is 809. The van der Waals surface area contributed by atoms with E-state index in [1.54, 1.807) is 0 Å². The number of nitrogens with zero attached hydrogens (tertiary/aromatic N) is 1. The van der Waals surface area contributed by atoms with Gasteiger partial charge in [0.25, 0.3) is 5.91 Å². The molecule has 4 rings (SSSR count). The Kier molecular flexibility index (Phi) is 5.53. The highest BCUT2D eigenvalue weighted by Crippen LogP contribution is 2.47. The lowest BCUT2D eigenvalue weighted by atomic mass is 9.93. The molecule has 0 bridgehead atoms. The second-order valence-electron chi connectivity index (χ2n) is 8.58. The second-order valence-corrected chi connectivity index (χ2v) is 8.58. The summed E-state index contributed by atoms with van der Waals surface area (Å²) in [6.45, 7) is 1.80. The van der Waals surface area contributed by atoms with E-state index in [1.807, 2.05) is 0 Å². The molecule has 1 saturated heterocycles. The lowest BCUT2D eigenvalue weighted by molar-refractivity contribution is -0.143. The molecule has 30 heavy (non-hydrogen) atoms. The maximum absolute atomic E-state index is 13.7. The van der Waals surface area contributed by atoms with Gasteiger partial charge in [0, 0.05) is 12.1 Å². The van der Waals surface area contributed by atoms with Crippen molar-refractivity contribution in [2.45, 2.75) is 75.3 Å². The normalized spacial score (nSPS) is 25.7. The highest BCUT2D eigenvalue weighted by molar-refractivity contribution is 5.98. The summed E-state index contributed by atoms with van der Waals surface area (Å²) in [6, 6.07) is 0.595. The average Bonchev–Trinajstić information content (AvgIpc) is 3.16. The number of hydrogen-bond acceptors (Lipinski definition) is 2. The smallest absolute Gasteiger partial charge is 0.348 e. The van der Waals surface area contributed by atoms with E-state index in [1.165, 1.54) is 0 Å². The standard InChI is InChI=1S/C21H24F6N2O/c22-20(23,24)13-10-14(12-6-7-12)18(15(11-13)21(25,26)27)19(30)28-16-4-3-5-17(16)29-8-1-2-9-29/h10-12,16-17H,1-9H2,(H,28,30)/t16-,17+/m0/s1. The van der Waals surface area contributed by atoms with Gasteiger partial charge in [0.15, 0.2) is 0 Å². The molecular weight excluding hydrogens is 410 g/mol. The Morgan fingerprint density at radius 2 is 1.57 bits per heavy atom. The Hall–Kier alpha value is -1.77. The fourth-order valence-corrected chi connectivity index (χ4v) is 4.88. The van der Waals surface area contributed by atoms with E-state index in [9.17, 15) is 31.1 Å². The van der Waals surface area contributed by atoms with Gasteiger partial charge in [0.1, 0.15) is 0 Å². The van der Waals surface area contributed by atoms with Crippen molar-refractivity contribution in [3.63, 3.8) is 0 Å². The van der Waals surface area contributed by atoms with E-state index in [0.717, 1.165) is 44.8 Å². The minimum Gasteiger partial charge on any atom is -0.348 e. The lowest BCUT2D eigenvalue weighted by Gasteiger charge is -2.30. The third-order valence-corrected chi connectivity index (χ3v) is 6.45. The highest BCUT2D eigenvalue weighted by Gasteiger charge is 2.44. The predicted molar refractivity (Wildman–Crippen MR) is 98.1 cm³/mol. The summed E-state index contributed by atoms with van der Waals surface area (Å²) in [5.41, 5.74) is -3.62. The average molecular weight is 434 g/mol. The molecule has 166 valence electrons. The van der Waals surface area contributed by atoms with Gasteiger partial charge in [0.2, 0.25) is 0 Å². The van der Waals surface area contributed by atoms with Crippen LogP contribution in [0.5, 0.6) is 0 Å². The second kappa shape index (κ2) is 7.73. The van der Waals surface area contributed by atoms with Crippen molar-refractivity contribution in [3.8, 4) is 0 Å². The number of carbonyl (C=O) groups is 1. The first-order chi connectivity index (χ1) is 14.1. The molecule has 2 saturated carbocycles. The molecule has 1 aromatic rings. The molecule has 3 fully saturated rings. The number of halogens is 6. The van der Waals surface area contributed by atoms with Crippen LogP contribution in [0.1, 0.15) is 77.9 Å². The van der Waals surface area contributed by atoms with E-state index < -0.39 is 40.9 Å². The van der Waals surface area contributed by atoms with Crippen LogP contribution in [-0.4, -0.2) is 36.0 Å². The largest absolute Gasteiger partial charge is 0.417 e. The molecule has 9 heteroatoms. The van der Waals surface area contributed by atoms with Crippen LogP contribution < -0.4 is 5.32 Å². The van der Waals surface area contributed by atoms with Crippen LogP contribution >= 0.6 is 0 Å². The number of carbonyl (C=O) groups excluding carboxylic acids is 1. The van der Waals surface area contributed by atoms with Crippen molar-refractivity contribution >= 4 is 5.91 Å². The Balaban J connectivity index is 1.69. The Labute approximate surface area is 170 Å². The predicted octanol–water partition coefficient (Wildman–Crippen LogP) is 5.35. The molecule has 0 aromatic heterocycles. The molecule has 1 amide bonds. The van der Waals surface area contributed by atoms with Crippen molar-refractivity contribution in [1.29, 1.82) is 0 Å². The number of nitrogens with one attached hydrogen (secondary N) is 1. The van der Waals surface area contributed by atoms with E-state index in [-0.39, 0.29) is 23.7 Å². The molecule has 0 spiro atoms. The van der Waals surface area contributed by atoms with Crippen LogP contribution in [0.4, 0.5) is 26.3 Å². The molecule has 3 nitrogen and oxygen atoms in total. The Morgan fingerprint density at radius 3 is 2.13 bits per heavy atom. The SMILES string of the molecule is O=C(N[C@H]1CCC[C@H]1N1CCCC1)c1c(C2CC2)cc(C(F)(F)F)cc1C(F)(F)F. The molecule has 1 aromatic carbocycles. The summed E-state index contributed by atoms with van der Waals surface area (Å²) in [5, 5.41) is 2.75. The number of hydrogen-bond donors (Lipinski definition) is 1. The van der Waals surface area contributed by atoms with Gasteiger partial charge in [-0.2, -0.15) is 26.3 Å². The molecule has 0 radical (unpaired) electrons. The number of alkyl halides is 6. The van der Waals surface area contributed by atoms with Crippen molar-refractivity contribution in [2.75, 3.05) is 13.1 Å². The van der Waals surface area contributed by atoms with E-state index in [4.69, 9.17) is 0 Å². The van der Waals surface area contributed by atoms with E-state index >= 15 is 0 Å². The third-order valence-electron chi connectivity index (χ3n) is 6.45. The summed E-state index contributed by atoms with van der Waals surface area (Å²) in [5.74, 6) is -1.35. The van der Waals surface area contributed by atoms with Crippen LogP contribution in [0.25, 0.3) is 0 Å². The van der Waals surface area contributed by atoms with Crippen LogP contribution in [0, 0.1) is 0 Å². The van der Waals surface area contributed by atoms with Gasteiger partial charge < -0.3 is 5.32 Å². The van der Waals surface area contributed by atoms with Crippen molar-refractivity contribution in [1.82, 2.24) is 10.2 Å². The van der Waals surface area contributed by atoms with Gasteiger partial charge in [-0.05, 0) is 81.6 Å². The first-order valence-corrected chi connectivity index (χ1v) is 10.4. The van der Waals surface area contributed by atoms with Crippen molar-refractivity contribution in [2.24, 2.45) is 0 Å². The zero-order valence-electron chi connectivity index (χ0n) is 16.4. The summed E-state index contributed by atoms with van der Waals surface area (Å²) in [7, 11) is 0. The number of amides is 1. The van der Waals surface area contributed by atoms with Crippen LogP contribution in [0.2, 0.25) is 0 Å². The van der Waals surface area contributed by atoms with E-state index in [2.05, 4.69) is 10.2 Å². The molecule has 1 aliphatic heterocycles. The maximum atomic E-state index is 13.7. The molecule has 1 N–H and O–H groups in total. The number of likely N-dealkylation sites (tertiary alicyclic amines) is 1. The monoisotopic (exact) mass is 434 g/mol. The highest BCUT2D eigenvalue weighted by atomic mass is 19.4. The summed E-state index contributed by atoms with van der Waals surface area (Å²) in [6.07, 6.45) is -4.50. The fraction of sp³-hybridized carbons (Fsp3) is 0.667. The summed E-state index contributed by atoms with van der Waals surface area (Å²) >= 11 is 0. The van der Waals surface area contributed by atoms with Gasteiger partial charge in [0.05, 0.1) is 16.7 Å². The number of rotatable bonds is 4. The van der Waals surface area contributed by atoms with Crippen LogP contribution in [0.3, 0.4) is 0 Å². The minimum atomic E-state index is -5.05. The zero-order valence-corrected chi connectivity index (χ0v) is 16.4. The third kappa shape index (κ3) is 4.31. The molecule has 2 atom stereocenters. The van der Waals surface area contributed by atoms with Gasteiger partial charge in [-0.15, -0.1) is 0 Å². The maximum Gasteiger partial charge on any atom is 0.417 e. The molecule has 1 heterocycles. The fourth-order valence-electron chi connectivity index (χ4n) is 4.88. The summed E-state index contributed by atoms with van der Waals surface area (Å²) in [4.78, 5) is 15.3. The van der Waals surface area contributed by atoms with Crippen LogP contribution in [0.15, 0.2) is 12.1 Å². The van der Waals surface area contributed by atoms with Crippen molar-refractivity contribution < 1.29 is 31.1 Å². The zero-order chi connectivity index (χ0) is 21.7. The lowest BCUT2D eigenvalue weighted by Crippen LogP contribution is -2.48. The van der Waals surface area contributed by atoms with Gasteiger partial charge in [-0.3, -0.25) is 9.69 Å². The topological polar surface area (TPSA) is 32.3 Å². The molecule has 2 aliphatic carbocycles. The first-order valence-electron chi connectivity index (χ1n) is 10.4. The quantitative estimate of drug-likeness (QED) is 0.648. The van der Waals surface area contributed by atoms with Gasteiger partial charge in [-0.1, -0.05) is 0 Å². The molecular formula is C21H24F6N2O. The first kappa shape index (κ1) is 21.5. The minimum absolute atomic E-state index is 0.0737. The van der Waals surface area contributed by atoms with Crippen LogP contribution in [-0.2, 0) is 12.4 Å². The van der Waals surface area contributed by atoms with Crippen molar-refractivity contribution in [3.05, 3.63) is 34.4 Å². The molecule has 0 unspecified atom stereocenters. The van der Waals surface area contributed by atoms with Gasteiger partial charge in [-0.25, -0.2) is 0 Å². The van der Waals surface area contributed by atoms with Gasteiger partial charge >= 0.3 is 12.4 Å². The van der Waals surface area contributed by atoms with E-state index in [0.29, 0.717) is 19.3 Å². The number of benzene rings is 1.